The molecule has 1 fully saturated rings. The Labute approximate surface area is 165 Å². The van der Waals surface area contributed by atoms with Gasteiger partial charge in [-0.2, -0.15) is 0 Å². The Kier molecular flexibility index (Phi) is 6.19. The van der Waals surface area contributed by atoms with Crippen molar-refractivity contribution in [2.75, 3.05) is 12.4 Å². The van der Waals surface area contributed by atoms with Crippen LogP contribution in [0.2, 0.25) is 0 Å². The fourth-order valence-electron chi connectivity index (χ4n) is 3.01. The Hall–Kier alpha value is -3.02. The SMILES string of the molecule is COc1ccc(CN(C(=O)c2cccc(NC(=O)NC(C)C)c2)C2CC2)cc1. The lowest BCUT2D eigenvalue weighted by Gasteiger charge is -2.23. The highest BCUT2D eigenvalue weighted by atomic mass is 16.5. The maximum absolute atomic E-state index is 13.1. The quantitative estimate of drug-likeness (QED) is 0.761. The number of nitrogens with zero attached hydrogens (tertiary/aromatic N) is 1. The summed E-state index contributed by atoms with van der Waals surface area (Å²) in [5.41, 5.74) is 2.23. The molecule has 148 valence electrons. The zero-order valence-electron chi connectivity index (χ0n) is 16.6. The van der Waals surface area contributed by atoms with Crippen molar-refractivity contribution in [2.45, 2.75) is 45.3 Å². The summed E-state index contributed by atoms with van der Waals surface area (Å²) >= 11 is 0. The lowest BCUT2D eigenvalue weighted by atomic mass is 10.1. The minimum atomic E-state index is -0.281. The number of carbonyl (C=O) groups excluding carboxylic acids is 2. The molecular formula is C22H27N3O3. The number of hydrogen-bond donors (Lipinski definition) is 2. The molecular weight excluding hydrogens is 354 g/mol. The number of methoxy groups -OCH3 is 1. The molecule has 0 aromatic heterocycles. The highest BCUT2D eigenvalue weighted by Crippen LogP contribution is 2.30. The molecule has 0 bridgehead atoms. The van der Waals surface area contributed by atoms with Crippen LogP contribution < -0.4 is 15.4 Å². The summed E-state index contributed by atoms with van der Waals surface area (Å²) in [4.78, 5) is 27.0. The van der Waals surface area contributed by atoms with E-state index in [1.54, 1.807) is 31.4 Å². The number of amides is 3. The predicted molar refractivity (Wildman–Crippen MR) is 110 cm³/mol. The standard InChI is InChI=1S/C22H27N3O3/c1-15(2)23-22(27)24-18-6-4-5-17(13-18)21(26)25(19-9-10-19)14-16-7-11-20(28-3)12-8-16/h4-8,11-13,15,19H,9-10,14H2,1-3H3,(H2,23,24,27). The van der Waals surface area contributed by atoms with Crippen LogP contribution >= 0.6 is 0 Å². The fourth-order valence-corrected chi connectivity index (χ4v) is 3.01. The normalized spacial score (nSPS) is 13.1. The van der Waals surface area contributed by atoms with Gasteiger partial charge < -0.3 is 20.3 Å². The zero-order chi connectivity index (χ0) is 20.1. The van der Waals surface area contributed by atoms with E-state index in [-0.39, 0.29) is 24.0 Å². The number of ether oxygens (including phenoxy) is 1. The largest absolute Gasteiger partial charge is 0.497 e. The molecule has 1 aliphatic carbocycles. The Morgan fingerprint density at radius 2 is 1.86 bits per heavy atom. The molecule has 28 heavy (non-hydrogen) atoms. The van der Waals surface area contributed by atoms with E-state index in [0.717, 1.165) is 24.2 Å². The number of anilines is 1. The monoisotopic (exact) mass is 381 g/mol. The second kappa shape index (κ2) is 8.78. The van der Waals surface area contributed by atoms with Gasteiger partial charge in [0.05, 0.1) is 7.11 Å². The van der Waals surface area contributed by atoms with Crippen LogP contribution in [0.15, 0.2) is 48.5 Å². The Morgan fingerprint density at radius 3 is 2.46 bits per heavy atom. The van der Waals surface area contributed by atoms with Crippen LogP contribution in [0.5, 0.6) is 5.75 Å². The molecule has 2 aromatic rings. The van der Waals surface area contributed by atoms with E-state index >= 15 is 0 Å². The first kappa shape index (κ1) is 19.7. The first-order valence-electron chi connectivity index (χ1n) is 9.57. The molecule has 6 nitrogen and oxygen atoms in total. The average molecular weight is 381 g/mol. The molecule has 2 N–H and O–H groups in total. The summed E-state index contributed by atoms with van der Waals surface area (Å²) in [6.45, 7) is 4.34. The van der Waals surface area contributed by atoms with Gasteiger partial charge in [-0.1, -0.05) is 18.2 Å². The van der Waals surface area contributed by atoms with Crippen molar-refractivity contribution in [3.63, 3.8) is 0 Å². The molecule has 0 radical (unpaired) electrons. The average Bonchev–Trinajstić information content (AvgIpc) is 3.50. The molecule has 1 aliphatic rings. The van der Waals surface area contributed by atoms with Crippen LogP contribution in [0, 0.1) is 0 Å². The summed E-state index contributed by atoms with van der Waals surface area (Å²) in [6.07, 6.45) is 2.05. The highest BCUT2D eigenvalue weighted by Gasteiger charge is 2.33. The van der Waals surface area contributed by atoms with Gasteiger partial charge in [0.15, 0.2) is 0 Å². The second-order valence-electron chi connectivity index (χ2n) is 7.35. The molecule has 2 aromatic carbocycles. The molecule has 0 saturated heterocycles. The van der Waals surface area contributed by atoms with Gasteiger partial charge in [0.25, 0.3) is 5.91 Å². The van der Waals surface area contributed by atoms with Crippen molar-refractivity contribution in [2.24, 2.45) is 0 Å². The number of nitrogens with one attached hydrogen (secondary N) is 2. The summed E-state index contributed by atoms with van der Waals surface area (Å²) in [6, 6.07) is 14.9. The van der Waals surface area contributed by atoms with Crippen molar-refractivity contribution >= 4 is 17.6 Å². The minimum absolute atomic E-state index is 0.0220. The summed E-state index contributed by atoms with van der Waals surface area (Å²) in [7, 11) is 1.64. The van der Waals surface area contributed by atoms with Crippen molar-refractivity contribution < 1.29 is 14.3 Å². The van der Waals surface area contributed by atoms with Gasteiger partial charge in [-0.05, 0) is 62.6 Å². The molecule has 0 atom stereocenters. The maximum Gasteiger partial charge on any atom is 0.319 e. The molecule has 3 amide bonds. The third kappa shape index (κ3) is 5.25. The van der Waals surface area contributed by atoms with Gasteiger partial charge in [0, 0.05) is 29.9 Å². The summed E-state index contributed by atoms with van der Waals surface area (Å²) < 4.78 is 5.20. The van der Waals surface area contributed by atoms with Crippen LogP contribution in [-0.2, 0) is 6.54 Å². The van der Waals surface area contributed by atoms with E-state index in [1.165, 1.54) is 0 Å². The molecule has 3 rings (SSSR count). The fraction of sp³-hybridized carbons (Fsp3) is 0.364. The molecule has 6 heteroatoms. The van der Waals surface area contributed by atoms with Gasteiger partial charge in [0.1, 0.15) is 5.75 Å². The van der Waals surface area contributed by atoms with Crippen molar-refractivity contribution in [3.05, 3.63) is 59.7 Å². The first-order chi connectivity index (χ1) is 13.5. The number of benzene rings is 2. The Balaban J connectivity index is 1.72. The molecule has 0 heterocycles. The van der Waals surface area contributed by atoms with E-state index in [2.05, 4.69) is 10.6 Å². The van der Waals surface area contributed by atoms with Gasteiger partial charge in [0.2, 0.25) is 0 Å². The van der Waals surface area contributed by atoms with Crippen LogP contribution in [0.4, 0.5) is 10.5 Å². The summed E-state index contributed by atoms with van der Waals surface area (Å²) in [5.74, 6) is 0.776. The number of carbonyl (C=O) groups is 2. The van der Waals surface area contributed by atoms with Crippen LogP contribution in [0.1, 0.15) is 42.6 Å². The molecule has 1 saturated carbocycles. The van der Waals surface area contributed by atoms with Crippen molar-refractivity contribution in [3.8, 4) is 5.75 Å². The van der Waals surface area contributed by atoms with E-state index in [0.29, 0.717) is 17.8 Å². The third-order valence-corrected chi connectivity index (χ3v) is 4.55. The zero-order valence-corrected chi connectivity index (χ0v) is 16.6. The van der Waals surface area contributed by atoms with Gasteiger partial charge >= 0.3 is 6.03 Å². The van der Waals surface area contributed by atoms with Crippen molar-refractivity contribution in [1.29, 1.82) is 0 Å². The first-order valence-corrected chi connectivity index (χ1v) is 9.57. The lowest BCUT2D eigenvalue weighted by molar-refractivity contribution is 0.0730. The van der Waals surface area contributed by atoms with Gasteiger partial charge in [-0.15, -0.1) is 0 Å². The van der Waals surface area contributed by atoms with E-state index < -0.39 is 0 Å². The highest BCUT2D eigenvalue weighted by molar-refractivity contribution is 5.97. The smallest absolute Gasteiger partial charge is 0.319 e. The number of rotatable bonds is 7. The topological polar surface area (TPSA) is 70.7 Å². The predicted octanol–water partition coefficient (Wildman–Crippen LogP) is 4.03. The molecule has 0 aliphatic heterocycles. The van der Waals surface area contributed by atoms with Crippen LogP contribution in [0.3, 0.4) is 0 Å². The van der Waals surface area contributed by atoms with Gasteiger partial charge in [-0.25, -0.2) is 4.79 Å². The molecule has 0 unspecified atom stereocenters. The minimum Gasteiger partial charge on any atom is -0.497 e. The Bertz CT molecular complexity index is 829. The van der Waals surface area contributed by atoms with Crippen LogP contribution in [0.25, 0.3) is 0 Å². The number of urea groups is 1. The van der Waals surface area contributed by atoms with Crippen LogP contribution in [-0.4, -0.2) is 36.0 Å². The maximum atomic E-state index is 13.1. The van der Waals surface area contributed by atoms with E-state index in [9.17, 15) is 9.59 Å². The van der Waals surface area contributed by atoms with E-state index in [4.69, 9.17) is 4.74 Å². The lowest BCUT2D eigenvalue weighted by Crippen LogP contribution is -2.34. The number of hydrogen-bond acceptors (Lipinski definition) is 3. The third-order valence-electron chi connectivity index (χ3n) is 4.55. The van der Waals surface area contributed by atoms with Crippen molar-refractivity contribution in [1.82, 2.24) is 10.2 Å². The van der Waals surface area contributed by atoms with Gasteiger partial charge in [-0.3, -0.25) is 4.79 Å². The second-order valence-corrected chi connectivity index (χ2v) is 7.35. The van der Waals surface area contributed by atoms with E-state index in [1.807, 2.05) is 43.0 Å². The molecule has 0 spiro atoms. The summed E-state index contributed by atoms with van der Waals surface area (Å²) in [5, 5.41) is 5.56. The Morgan fingerprint density at radius 1 is 1.14 bits per heavy atom.